The van der Waals surface area contributed by atoms with Gasteiger partial charge in [-0.2, -0.15) is 0 Å². The molecule has 82 valence electrons. The molecule has 1 aromatic carbocycles. The molecule has 0 saturated carbocycles. The number of ether oxygens (including phenoxy) is 2. The molecule has 0 spiro atoms. The van der Waals surface area contributed by atoms with Crippen molar-refractivity contribution in [2.45, 2.75) is 0 Å². The van der Waals surface area contributed by atoms with Gasteiger partial charge in [0.15, 0.2) is 0 Å². The SMILES string of the molecule is COc1cc(Oc2cccc(Br)c2)ncn1. The highest BCUT2D eigenvalue weighted by atomic mass is 79.9. The van der Waals surface area contributed by atoms with E-state index in [1.807, 2.05) is 24.3 Å². The fraction of sp³-hybridized carbons (Fsp3) is 0.0909. The van der Waals surface area contributed by atoms with Gasteiger partial charge in [-0.05, 0) is 18.2 Å². The summed E-state index contributed by atoms with van der Waals surface area (Å²) in [7, 11) is 1.55. The average molecular weight is 281 g/mol. The Labute approximate surface area is 101 Å². The Bertz CT molecular complexity index is 491. The number of nitrogens with zero attached hydrogens (tertiary/aromatic N) is 2. The van der Waals surface area contributed by atoms with Gasteiger partial charge >= 0.3 is 0 Å². The maximum atomic E-state index is 5.54. The van der Waals surface area contributed by atoms with Crippen LogP contribution in [-0.4, -0.2) is 17.1 Å². The van der Waals surface area contributed by atoms with Crippen molar-refractivity contribution in [2.24, 2.45) is 0 Å². The van der Waals surface area contributed by atoms with Gasteiger partial charge in [0.05, 0.1) is 13.2 Å². The molecule has 4 nitrogen and oxygen atoms in total. The van der Waals surface area contributed by atoms with Crippen LogP contribution in [-0.2, 0) is 0 Å². The molecule has 2 aromatic rings. The van der Waals surface area contributed by atoms with E-state index in [4.69, 9.17) is 9.47 Å². The van der Waals surface area contributed by atoms with Crippen LogP contribution in [0.2, 0.25) is 0 Å². The molecule has 5 heteroatoms. The van der Waals surface area contributed by atoms with E-state index in [1.165, 1.54) is 6.33 Å². The molecule has 0 amide bonds. The van der Waals surface area contributed by atoms with Crippen molar-refractivity contribution < 1.29 is 9.47 Å². The number of benzene rings is 1. The van der Waals surface area contributed by atoms with E-state index < -0.39 is 0 Å². The first-order chi connectivity index (χ1) is 7.78. The molecule has 0 saturated heterocycles. The third kappa shape index (κ3) is 2.70. The van der Waals surface area contributed by atoms with E-state index >= 15 is 0 Å². The van der Waals surface area contributed by atoms with Crippen molar-refractivity contribution in [3.63, 3.8) is 0 Å². The number of rotatable bonds is 3. The summed E-state index contributed by atoms with van der Waals surface area (Å²) >= 11 is 3.37. The van der Waals surface area contributed by atoms with Crippen LogP contribution in [0.15, 0.2) is 41.1 Å². The fourth-order valence-electron chi connectivity index (χ4n) is 1.14. The highest BCUT2D eigenvalue weighted by Crippen LogP contribution is 2.23. The number of methoxy groups -OCH3 is 1. The molecule has 0 N–H and O–H groups in total. The molecule has 16 heavy (non-hydrogen) atoms. The van der Waals surface area contributed by atoms with Crippen LogP contribution in [0.5, 0.6) is 17.5 Å². The van der Waals surface area contributed by atoms with E-state index in [2.05, 4.69) is 25.9 Å². The first-order valence-corrected chi connectivity index (χ1v) is 5.36. The topological polar surface area (TPSA) is 44.2 Å². The third-order valence-corrected chi connectivity index (χ3v) is 2.34. The molecule has 0 bridgehead atoms. The van der Waals surface area contributed by atoms with Crippen LogP contribution in [0.25, 0.3) is 0 Å². The lowest BCUT2D eigenvalue weighted by atomic mass is 10.3. The van der Waals surface area contributed by atoms with Crippen molar-refractivity contribution >= 4 is 15.9 Å². The van der Waals surface area contributed by atoms with Crippen molar-refractivity contribution in [3.8, 4) is 17.5 Å². The summed E-state index contributed by atoms with van der Waals surface area (Å²) in [5, 5.41) is 0. The van der Waals surface area contributed by atoms with Crippen molar-refractivity contribution in [3.05, 3.63) is 41.1 Å². The average Bonchev–Trinajstić information content (AvgIpc) is 2.29. The largest absolute Gasteiger partial charge is 0.481 e. The van der Waals surface area contributed by atoms with Crippen molar-refractivity contribution in [2.75, 3.05) is 7.11 Å². The van der Waals surface area contributed by atoms with Gasteiger partial charge in [-0.25, -0.2) is 9.97 Å². The predicted molar refractivity (Wildman–Crippen MR) is 62.8 cm³/mol. The summed E-state index contributed by atoms with van der Waals surface area (Å²) in [5.41, 5.74) is 0. The summed E-state index contributed by atoms with van der Waals surface area (Å²) in [4.78, 5) is 7.88. The summed E-state index contributed by atoms with van der Waals surface area (Å²) in [6.45, 7) is 0. The highest BCUT2D eigenvalue weighted by molar-refractivity contribution is 9.10. The standard InChI is InChI=1S/C11H9BrN2O2/c1-15-10-6-11(14-7-13-10)16-9-4-2-3-8(12)5-9/h2-7H,1H3. The Balaban J connectivity index is 2.20. The molecule has 0 aliphatic rings. The molecular formula is C11H9BrN2O2. The van der Waals surface area contributed by atoms with Crippen molar-refractivity contribution in [1.29, 1.82) is 0 Å². The Morgan fingerprint density at radius 2 is 1.94 bits per heavy atom. The van der Waals surface area contributed by atoms with Crippen LogP contribution >= 0.6 is 15.9 Å². The van der Waals surface area contributed by atoms with Gasteiger partial charge in [0.2, 0.25) is 11.8 Å². The molecule has 1 aromatic heterocycles. The van der Waals surface area contributed by atoms with Crippen LogP contribution in [0.1, 0.15) is 0 Å². The molecule has 0 fully saturated rings. The zero-order valence-corrected chi connectivity index (χ0v) is 10.1. The maximum absolute atomic E-state index is 5.54. The Kier molecular flexibility index (Phi) is 3.36. The number of hydrogen-bond donors (Lipinski definition) is 0. The number of hydrogen-bond acceptors (Lipinski definition) is 4. The second kappa shape index (κ2) is 4.94. The molecule has 0 unspecified atom stereocenters. The molecule has 1 heterocycles. The number of aromatic nitrogens is 2. The maximum Gasteiger partial charge on any atom is 0.226 e. The molecule has 2 rings (SSSR count). The predicted octanol–water partition coefficient (Wildman–Crippen LogP) is 3.04. The second-order valence-corrected chi connectivity index (χ2v) is 3.87. The molecule has 0 aliphatic heterocycles. The van der Waals surface area contributed by atoms with Crippen LogP contribution in [0, 0.1) is 0 Å². The lowest BCUT2D eigenvalue weighted by Gasteiger charge is -2.05. The molecule has 0 aliphatic carbocycles. The van der Waals surface area contributed by atoms with E-state index in [0.29, 0.717) is 17.5 Å². The summed E-state index contributed by atoms with van der Waals surface area (Å²) in [6, 6.07) is 9.14. The quantitative estimate of drug-likeness (QED) is 0.867. The molecular weight excluding hydrogens is 272 g/mol. The summed E-state index contributed by atoms with van der Waals surface area (Å²) in [6.07, 6.45) is 1.39. The van der Waals surface area contributed by atoms with Gasteiger partial charge in [0, 0.05) is 4.47 Å². The minimum atomic E-state index is 0.449. The van der Waals surface area contributed by atoms with Gasteiger partial charge < -0.3 is 9.47 Å². The zero-order chi connectivity index (χ0) is 11.4. The van der Waals surface area contributed by atoms with Crippen LogP contribution < -0.4 is 9.47 Å². The van der Waals surface area contributed by atoms with E-state index in [-0.39, 0.29) is 0 Å². The van der Waals surface area contributed by atoms with Crippen LogP contribution in [0.3, 0.4) is 0 Å². The normalized spacial score (nSPS) is 9.88. The Morgan fingerprint density at radius 3 is 2.69 bits per heavy atom. The first-order valence-electron chi connectivity index (χ1n) is 4.57. The fourth-order valence-corrected chi connectivity index (χ4v) is 1.52. The lowest BCUT2D eigenvalue weighted by Crippen LogP contribution is -1.92. The van der Waals surface area contributed by atoms with Gasteiger partial charge in [-0.1, -0.05) is 22.0 Å². The van der Waals surface area contributed by atoms with Crippen molar-refractivity contribution in [1.82, 2.24) is 9.97 Å². The lowest BCUT2D eigenvalue weighted by molar-refractivity contribution is 0.388. The van der Waals surface area contributed by atoms with Gasteiger partial charge in [-0.3, -0.25) is 0 Å². The minimum absolute atomic E-state index is 0.449. The first kappa shape index (κ1) is 10.9. The second-order valence-electron chi connectivity index (χ2n) is 2.96. The molecule has 0 atom stereocenters. The Morgan fingerprint density at radius 1 is 1.12 bits per heavy atom. The van der Waals surface area contributed by atoms with Gasteiger partial charge in [-0.15, -0.1) is 0 Å². The molecule has 0 radical (unpaired) electrons. The summed E-state index contributed by atoms with van der Waals surface area (Å²) < 4.78 is 11.5. The Hall–Kier alpha value is -1.62. The highest BCUT2D eigenvalue weighted by Gasteiger charge is 2.01. The van der Waals surface area contributed by atoms with E-state index in [0.717, 1.165) is 4.47 Å². The smallest absolute Gasteiger partial charge is 0.226 e. The number of halogens is 1. The van der Waals surface area contributed by atoms with Gasteiger partial charge in [0.25, 0.3) is 0 Å². The summed E-state index contributed by atoms with van der Waals surface area (Å²) in [5.74, 6) is 1.63. The minimum Gasteiger partial charge on any atom is -0.481 e. The zero-order valence-electron chi connectivity index (χ0n) is 8.55. The van der Waals surface area contributed by atoms with E-state index in [9.17, 15) is 0 Å². The van der Waals surface area contributed by atoms with Gasteiger partial charge in [0.1, 0.15) is 12.1 Å². The monoisotopic (exact) mass is 280 g/mol. The third-order valence-electron chi connectivity index (χ3n) is 1.84. The van der Waals surface area contributed by atoms with Crippen LogP contribution in [0.4, 0.5) is 0 Å². The van der Waals surface area contributed by atoms with E-state index in [1.54, 1.807) is 13.2 Å².